The molecular weight excluding hydrogens is 178 g/mol. The minimum atomic E-state index is 0.0509. The fourth-order valence-electron chi connectivity index (χ4n) is 1.24. The molecule has 0 bridgehead atoms. The quantitative estimate of drug-likeness (QED) is 0.683. The highest BCUT2D eigenvalue weighted by Crippen LogP contribution is 2.02. The number of nitrogens with zero attached hydrogens (tertiary/aromatic N) is 2. The van der Waals surface area contributed by atoms with Gasteiger partial charge in [0, 0.05) is 7.05 Å². The number of hydrogen-bond donors (Lipinski definition) is 1. The lowest BCUT2D eigenvalue weighted by molar-refractivity contribution is -0.121. The van der Waals surface area contributed by atoms with E-state index in [1.807, 2.05) is 19.0 Å². The number of likely N-dealkylation sites (N-methyl/N-ethyl adjacent to an activating group) is 2. The van der Waals surface area contributed by atoms with Crippen molar-refractivity contribution in [1.82, 2.24) is 15.1 Å². The fourth-order valence-corrected chi connectivity index (χ4v) is 1.24. The van der Waals surface area contributed by atoms with Crippen LogP contribution in [0.25, 0.3) is 0 Å². The van der Waals surface area contributed by atoms with Gasteiger partial charge in [0.25, 0.3) is 0 Å². The molecule has 0 atom stereocenters. The molecule has 1 amide bonds. The molecule has 14 heavy (non-hydrogen) atoms. The molecule has 1 heterocycles. The Labute approximate surface area is 87.3 Å². The van der Waals surface area contributed by atoms with Crippen molar-refractivity contribution >= 4 is 5.91 Å². The van der Waals surface area contributed by atoms with Crippen LogP contribution in [0.15, 0.2) is 0 Å². The third-order valence-corrected chi connectivity index (χ3v) is 2.07. The van der Waals surface area contributed by atoms with Crippen molar-refractivity contribution in [2.45, 2.75) is 12.8 Å². The van der Waals surface area contributed by atoms with Crippen molar-refractivity contribution in [3.05, 3.63) is 0 Å². The van der Waals surface area contributed by atoms with Crippen LogP contribution in [-0.2, 0) is 4.79 Å². The smallest absolute Gasteiger partial charge is 0.233 e. The number of hydrogen-bond acceptors (Lipinski definition) is 3. The summed E-state index contributed by atoms with van der Waals surface area (Å²) in [4.78, 5) is 14.6. The van der Waals surface area contributed by atoms with Gasteiger partial charge in [-0.2, -0.15) is 0 Å². The maximum atomic E-state index is 10.5. The number of carbonyl (C=O) groups is 1. The third-order valence-electron chi connectivity index (χ3n) is 2.07. The first-order chi connectivity index (χ1) is 6.56. The van der Waals surface area contributed by atoms with Gasteiger partial charge in [0.2, 0.25) is 5.91 Å². The van der Waals surface area contributed by atoms with Crippen molar-refractivity contribution < 1.29 is 4.79 Å². The number of nitrogens with one attached hydrogen (secondary N) is 1. The predicted molar refractivity (Wildman–Crippen MR) is 59.4 cm³/mol. The van der Waals surface area contributed by atoms with Gasteiger partial charge in [0.1, 0.15) is 0 Å². The van der Waals surface area contributed by atoms with E-state index in [1.54, 1.807) is 7.05 Å². The highest BCUT2D eigenvalue weighted by Gasteiger charge is 2.03. The van der Waals surface area contributed by atoms with Crippen LogP contribution in [0.5, 0.6) is 0 Å². The molecule has 0 spiro atoms. The predicted octanol–water partition coefficient (Wildman–Crippen LogP) is 0.00600. The molecule has 0 unspecified atom stereocenters. The second-order valence-corrected chi connectivity index (χ2v) is 3.92. The normalized spacial score (nSPS) is 16.4. The summed E-state index contributed by atoms with van der Waals surface area (Å²) in [5, 5.41) is 2.52. The first kappa shape index (κ1) is 13.4. The molecular formula is C10H23N3O. The molecule has 1 saturated heterocycles. The topological polar surface area (TPSA) is 35.6 Å². The maximum absolute atomic E-state index is 10.5. The van der Waals surface area contributed by atoms with E-state index in [0.29, 0.717) is 6.54 Å². The first-order valence-corrected chi connectivity index (χ1v) is 5.10. The highest BCUT2D eigenvalue weighted by atomic mass is 16.1. The van der Waals surface area contributed by atoms with E-state index in [0.717, 1.165) is 0 Å². The Kier molecular flexibility index (Phi) is 7.42. The van der Waals surface area contributed by atoms with Gasteiger partial charge < -0.3 is 15.1 Å². The lowest BCUT2D eigenvalue weighted by Gasteiger charge is -2.05. The van der Waals surface area contributed by atoms with Crippen LogP contribution in [0.2, 0.25) is 0 Å². The monoisotopic (exact) mass is 201 g/mol. The summed E-state index contributed by atoms with van der Waals surface area (Å²) in [6, 6.07) is 0. The van der Waals surface area contributed by atoms with Crippen molar-refractivity contribution in [1.29, 1.82) is 0 Å². The minimum absolute atomic E-state index is 0.0509. The maximum Gasteiger partial charge on any atom is 0.233 e. The molecule has 1 rings (SSSR count). The zero-order valence-corrected chi connectivity index (χ0v) is 9.84. The zero-order chi connectivity index (χ0) is 11.0. The Bertz CT molecular complexity index is 153. The summed E-state index contributed by atoms with van der Waals surface area (Å²) >= 11 is 0. The SMILES string of the molecule is CN1CCCC1.CNC(=O)CN(C)C. The molecule has 0 aromatic rings. The molecule has 1 fully saturated rings. The van der Waals surface area contributed by atoms with Crippen LogP contribution in [0.1, 0.15) is 12.8 Å². The summed E-state index contributed by atoms with van der Waals surface area (Å²) in [5.41, 5.74) is 0. The number of rotatable bonds is 2. The summed E-state index contributed by atoms with van der Waals surface area (Å²) in [6.07, 6.45) is 2.83. The van der Waals surface area contributed by atoms with Gasteiger partial charge >= 0.3 is 0 Å². The van der Waals surface area contributed by atoms with Crippen LogP contribution in [0, 0.1) is 0 Å². The Morgan fingerprint density at radius 1 is 1.36 bits per heavy atom. The van der Waals surface area contributed by atoms with Crippen LogP contribution >= 0.6 is 0 Å². The Morgan fingerprint density at radius 2 is 1.86 bits per heavy atom. The van der Waals surface area contributed by atoms with E-state index in [1.165, 1.54) is 25.9 Å². The largest absolute Gasteiger partial charge is 0.358 e. The lowest BCUT2D eigenvalue weighted by Crippen LogP contribution is -2.30. The summed E-state index contributed by atoms with van der Waals surface area (Å²) in [6.45, 7) is 3.11. The first-order valence-electron chi connectivity index (χ1n) is 5.10. The second-order valence-electron chi connectivity index (χ2n) is 3.92. The molecule has 0 aromatic carbocycles. The molecule has 1 aliphatic heterocycles. The number of likely N-dealkylation sites (tertiary alicyclic amines) is 1. The van der Waals surface area contributed by atoms with Crippen LogP contribution in [0.3, 0.4) is 0 Å². The molecule has 84 valence electrons. The van der Waals surface area contributed by atoms with Crippen LogP contribution < -0.4 is 5.32 Å². The molecule has 4 nitrogen and oxygen atoms in total. The molecule has 1 N–H and O–H groups in total. The Balaban J connectivity index is 0.000000249. The number of carbonyl (C=O) groups excluding carboxylic acids is 1. The standard InChI is InChI=1S/C5H12N2O.C5H11N/c1-6-5(8)4-7(2)3;1-6-4-2-3-5-6/h4H2,1-3H3,(H,6,8);2-5H2,1H3. The van der Waals surface area contributed by atoms with Gasteiger partial charge in [-0.05, 0) is 47.1 Å². The van der Waals surface area contributed by atoms with E-state index in [2.05, 4.69) is 17.3 Å². The Hall–Kier alpha value is -0.610. The molecule has 0 radical (unpaired) electrons. The Morgan fingerprint density at radius 3 is 2.00 bits per heavy atom. The van der Waals surface area contributed by atoms with Crippen molar-refractivity contribution in [2.24, 2.45) is 0 Å². The molecule has 0 aliphatic carbocycles. The molecule has 1 aliphatic rings. The van der Waals surface area contributed by atoms with E-state index in [9.17, 15) is 4.79 Å². The van der Waals surface area contributed by atoms with E-state index in [-0.39, 0.29) is 5.91 Å². The molecule has 0 aromatic heterocycles. The van der Waals surface area contributed by atoms with Crippen LogP contribution in [0.4, 0.5) is 0 Å². The van der Waals surface area contributed by atoms with E-state index < -0.39 is 0 Å². The fraction of sp³-hybridized carbons (Fsp3) is 0.900. The number of amides is 1. The van der Waals surface area contributed by atoms with Gasteiger partial charge in [-0.25, -0.2) is 0 Å². The molecule has 4 heteroatoms. The van der Waals surface area contributed by atoms with Gasteiger partial charge in [-0.15, -0.1) is 0 Å². The van der Waals surface area contributed by atoms with Gasteiger partial charge in [0.15, 0.2) is 0 Å². The zero-order valence-electron chi connectivity index (χ0n) is 9.84. The lowest BCUT2D eigenvalue weighted by atomic mass is 10.4. The summed E-state index contributed by atoms with van der Waals surface area (Å²) < 4.78 is 0. The van der Waals surface area contributed by atoms with Crippen molar-refractivity contribution in [3.63, 3.8) is 0 Å². The van der Waals surface area contributed by atoms with E-state index >= 15 is 0 Å². The van der Waals surface area contributed by atoms with Gasteiger partial charge in [-0.1, -0.05) is 0 Å². The summed E-state index contributed by atoms with van der Waals surface area (Å²) in [5.74, 6) is 0.0509. The van der Waals surface area contributed by atoms with Gasteiger partial charge in [-0.3, -0.25) is 4.79 Å². The summed E-state index contributed by atoms with van der Waals surface area (Å²) in [7, 11) is 7.52. The van der Waals surface area contributed by atoms with E-state index in [4.69, 9.17) is 0 Å². The highest BCUT2D eigenvalue weighted by molar-refractivity contribution is 5.77. The van der Waals surface area contributed by atoms with Crippen LogP contribution in [-0.4, -0.2) is 63.5 Å². The second kappa shape index (κ2) is 7.76. The minimum Gasteiger partial charge on any atom is -0.358 e. The van der Waals surface area contributed by atoms with Gasteiger partial charge in [0.05, 0.1) is 6.54 Å². The average Bonchev–Trinajstić information content (AvgIpc) is 2.56. The van der Waals surface area contributed by atoms with Crippen molar-refractivity contribution in [2.75, 3.05) is 47.8 Å². The average molecular weight is 201 g/mol. The third kappa shape index (κ3) is 8.01. The molecule has 0 saturated carbocycles. The van der Waals surface area contributed by atoms with Crippen molar-refractivity contribution in [3.8, 4) is 0 Å².